The number of fused-ring (bicyclic) bond motifs is 2. The lowest BCUT2D eigenvalue weighted by molar-refractivity contribution is -0.119. The molecule has 6 nitrogen and oxygen atoms in total. The monoisotopic (exact) mass is 441 g/mol. The molecule has 1 aromatic heterocycles. The van der Waals surface area contributed by atoms with E-state index in [9.17, 15) is 19.6 Å². The molecule has 1 aliphatic heterocycles. The van der Waals surface area contributed by atoms with E-state index in [0.717, 1.165) is 40.2 Å². The van der Waals surface area contributed by atoms with Crippen molar-refractivity contribution in [2.75, 3.05) is 5.32 Å². The molecule has 0 saturated carbocycles. The fourth-order valence-corrected chi connectivity index (χ4v) is 5.68. The lowest BCUT2D eigenvalue weighted by atomic mass is 10.0. The van der Waals surface area contributed by atoms with E-state index in [1.807, 2.05) is 30.3 Å². The van der Waals surface area contributed by atoms with Gasteiger partial charge in [0.25, 0.3) is 11.8 Å². The molecular formula is C25H19N3O3S. The van der Waals surface area contributed by atoms with Crippen molar-refractivity contribution in [3.05, 3.63) is 87.3 Å². The Bertz CT molecular complexity index is 1250. The van der Waals surface area contributed by atoms with Gasteiger partial charge in [-0.05, 0) is 42.5 Å². The highest BCUT2D eigenvalue weighted by Crippen LogP contribution is 2.39. The quantitative estimate of drug-likeness (QED) is 0.607. The molecule has 1 aliphatic carbocycles. The van der Waals surface area contributed by atoms with Crippen molar-refractivity contribution < 1.29 is 14.4 Å². The van der Waals surface area contributed by atoms with Crippen molar-refractivity contribution >= 4 is 34.1 Å². The van der Waals surface area contributed by atoms with Crippen LogP contribution in [0.2, 0.25) is 0 Å². The number of benzene rings is 2. The molecule has 1 N–H and O–H groups in total. The molecule has 0 fully saturated rings. The van der Waals surface area contributed by atoms with Gasteiger partial charge in [-0.1, -0.05) is 42.5 Å². The smallest absolute Gasteiger partial charge is 0.262 e. The fraction of sp³-hybridized carbons (Fsp3) is 0.200. The number of carbonyl (C=O) groups is 3. The third-order valence-corrected chi connectivity index (χ3v) is 7.19. The van der Waals surface area contributed by atoms with Gasteiger partial charge in [-0.2, -0.15) is 5.26 Å². The van der Waals surface area contributed by atoms with Gasteiger partial charge in [0.15, 0.2) is 0 Å². The molecule has 2 aromatic carbocycles. The number of nitriles is 1. The van der Waals surface area contributed by atoms with Crippen molar-refractivity contribution in [1.82, 2.24) is 4.90 Å². The van der Waals surface area contributed by atoms with Crippen LogP contribution in [0.4, 0.5) is 5.00 Å². The van der Waals surface area contributed by atoms with E-state index in [1.54, 1.807) is 24.3 Å². The number of imide groups is 1. The lowest BCUT2D eigenvalue weighted by Gasteiger charge is -2.25. The van der Waals surface area contributed by atoms with E-state index in [1.165, 1.54) is 11.3 Å². The highest BCUT2D eigenvalue weighted by atomic mass is 32.1. The van der Waals surface area contributed by atoms with Crippen molar-refractivity contribution in [2.24, 2.45) is 0 Å². The van der Waals surface area contributed by atoms with Gasteiger partial charge < -0.3 is 5.32 Å². The molecule has 2 aliphatic rings. The Hall–Kier alpha value is -3.76. The van der Waals surface area contributed by atoms with Crippen molar-refractivity contribution in [3.8, 4) is 6.07 Å². The number of nitrogens with one attached hydrogen (secondary N) is 1. The van der Waals surface area contributed by atoms with Crippen LogP contribution in [0.15, 0.2) is 54.6 Å². The average molecular weight is 442 g/mol. The highest BCUT2D eigenvalue weighted by molar-refractivity contribution is 7.16. The minimum atomic E-state index is -1.03. The summed E-state index contributed by atoms with van der Waals surface area (Å²) >= 11 is 1.41. The maximum Gasteiger partial charge on any atom is 0.262 e. The van der Waals surface area contributed by atoms with Gasteiger partial charge in [-0.3, -0.25) is 19.3 Å². The van der Waals surface area contributed by atoms with Gasteiger partial charge in [-0.15, -0.1) is 11.3 Å². The normalized spacial score (nSPS) is 15.3. The van der Waals surface area contributed by atoms with Crippen LogP contribution in [0.1, 0.15) is 48.7 Å². The molecule has 5 rings (SSSR count). The number of thiophene rings is 1. The van der Waals surface area contributed by atoms with Crippen molar-refractivity contribution in [3.63, 3.8) is 0 Å². The molecule has 158 valence electrons. The molecule has 1 atom stereocenters. The zero-order valence-electron chi connectivity index (χ0n) is 17.1. The number of anilines is 1. The average Bonchev–Trinajstić information content (AvgIpc) is 3.46. The maximum absolute atomic E-state index is 13.5. The zero-order chi connectivity index (χ0) is 22.2. The Morgan fingerprint density at radius 2 is 1.69 bits per heavy atom. The molecule has 0 unspecified atom stereocenters. The number of nitrogens with zero attached hydrogens (tertiary/aromatic N) is 2. The summed E-state index contributed by atoms with van der Waals surface area (Å²) in [5, 5.41) is 13.0. The second kappa shape index (κ2) is 8.06. The summed E-state index contributed by atoms with van der Waals surface area (Å²) in [6.45, 7) is 0. The lowest BCUT2D eigenvalue weighted by Crippen LogP contribution is -2.48. The van der Waals surface area contributed by atoms with E-state index in [4.69, 9.17) is 0 Å². The van der Waals surface area contributed by atoms with Gasteiger partial charge in [0.2, 0.25) is 5.91 Å². The Balaban J connectivity index is 1.50. The number of amides is 3. The number of rotatable bonds is 5. The summed E-state index contributed by atoms with van der Waals surface area (Å²) < 4.78 is 0. The summed E-state index contributed by atoms with van der Waals surface area (Å²) in [5.41, 5.74) is 2.94. The van der Waals surface area contributed by atoms with Gasteiger partial charge in [0, 0.05) is 11.3 Å². The van der Waals surface area contributed by atoms with Crippen LogP contribution in [-0.4, -0.2) is 28.7 Å². The molecule has 32 heavy (non-hydrogen) atoms. The summed E-state index contributed by atoms with van der Waals surface area (Å²) in [5.74, 6) is -1.42. The van der Waals surface area contributed by atoms with E-state index in [0.29, 0.717) is 21.7 Å². The zero-order valence-corrected chi connectivity index (χ0v) is 17.9. The molecule has 0 spiro atoms. The van der Waals surface area contributed by atoms with Crippen LogP contribution in [0.25, 0.3) is 0 Å². The highest BCUT2D eigenvalue weighted by Gasteiger charge is 2.43. The van der Waals surface area contributed by atoms with Gasteiger partial charge >= 0.3 is 0 Å². The predicted molar refractivity (Wildman–Crippen MR) is 121 cm³/mol. The van der Waals surface area contributed by atoms with Gasteiger partial charge in [0.1, 0.15) is 17.1 Å². The first-order valence-electron chi connectivity index (χ1n) is 10.4. The summed E-state index contributed by atoms with van der Waals surface area (Å²) in [6, 6.07) is 17.1. The molecule has 0 radical (unpaired) electrons. The first kappa shape index (κ1) is 20.2. The van der Waals surface area contributed by atoms with Crippen molar-refractivity contribution in [2.45, 2.75) is 31.7 Å². The van der Waals surface area contributed by atoms with Crippen LogP contribution in [0.3, 0.4) is 0 Å². The topological polar surface area (TPSA) is 90.3 Å². The predicted octanol–water partition coefficient (Wildman–Crippen LogP) is 3.95. The number of carbonyl (C=O) groups excluding carboxylic acids is 3. The van der Waals surface area contributed by atoms with Gasteiger partial charge in [0.05, 0.1) is 16.7 Å². The largest absolute Gasteiger partial charge is 0.315 e. The first-order valence-corrected chi connectivity index (χ1v) is 11.3. The van der Waals surface area contributed by atoms with E-state index in [2.05, 4.69) is 11.4 Å². The van der Waals surface area contributed by atoms with Crippen LogP contribution in [0, 0.1) is 11.3 Å². The third-order valence-electron chi connectivity index (χ3n) is 5.98. The molecule has 0 bridgehead atoms. The third kappa shape index (κ3) is 3.29. The summed E-state index contributed by atoms with van der Waals surface area (Å²) in [4.78, 5) is 41.9. The Morgan fingerprint density at radius 3 is 2.34 bits per heavy atom. The molecular weight excluding hydrogens is 422 g/mol. The molecule has 3 aromatic rings. The molecule has 2 heterocycles. The maximum atomic E-state index is 13.5. The minimum Gasteiger partial charge on any atom is -0.315 e. The SMILES string of the molecule is N#Cc1c(NC(=O)[C@H](Cc2ccccc2)N2C(=O)c3ccccc3C2=O)sc2c1CCC2. The molecule has 0 saturated heterocycles. The Kier molecular flexibility index (Phi) is 5.08. The summed E-state index contributed by atoms with van der Waals surface area (Å²) in [7, 11) is 0. The number of hydrogen-bond donors (Lipinski definition) is 1. The number of aryl methyl sites for hydroxylation is 1. The fourth-order valence-electron chi connectivity index (χ4n) is 4.44. The van der Waals surface area contributed by atoms with Crippen LogP contribution in [0.5, 0.6) is 0 Å². The minimum absolute atomic E-state index is 0.186. The standard InChI is InChI=1S/C25H19N3O3S/c26-14-19-16-11-6-12-21(16)32-23(19)27-22(29)20(13-15-7-2-1-3-8-15)28-24(30)17-9-4-5-10-18(17)25(28)31/h1-5,7-10,20H,6,11-13H2,(H,27,29)/t20-/m0/s1. The Labute approximate surface area is 189 Å². The molecule has 3 amide bonds. The van der Waals surface area contributed by atoms with Crippen LogP contribution >= 0.6 is 11.3 Å². The second-order valence-corrected chi connectivity index (χ2v) is 9.00. The van der Waals surface area contributed by atoms with E-state index < -0.39 is 23.8 Å². The van der Waals surface area contributed by atoms with Crippen LogP contribution < -0.4 is 5.32 Å². The van der Waals surface area contributed by atoms with Crippen molar-refractivity contribution in [1.29, 1.82) is 5.26 Å². The first-order chi connectivity index (χ1) is 15.6. The van der Waals surface area contributed by atoms with Gasteiger partial charge in [-0.25, -0.2) is 0 Å². The second-order valence-electron chi connectivity index (χ2n) is 7.89. The summed E-state index contributed by atoms with van der Waals surface area (Å²) in [6.07, 6.45) is 2.92. The molecule has 7 heteroatoms. The number of hydrogen-bond acceptors (Lipinski definition) is 5. The van der Waals surface area contributed by atoms with Crippen LogP contribution in [-0.2, 0) is 24.1 Å². The van der Waals surface area contributed by atoms with E-state index in [-0.39, 0.29) is 6.42 Å². The Morgan fingerprint density at radius 1 is 1.03 bits per heavy atom. The van der Waals surface area contributed by atoms with E-state index >= 15 is 0 Å².